The molecule has 1 aromatic heterocycles. The minimum atomic E-state index is -1.04. The van der Waals surface area contributed by atoms with Gasteiger partial charge in [0.2, 0.25) is 5.91 Å². The summed E-state index contributed by atoms with van der Waals surface area (Å²) < 4.78 is 0. The monoisotopic (exact) mass is 391 g/mol. The third-order valence-corrected chi connectivity index (χ3v) is 6.91. The topological polar surface area (TPSA) is 98.7 Å². The molecule has 2 atom stereocenters. The van der Waals surface area contributed by atoms with Crippen LogP contribution in [0.4, 0.5) is 9.80 Å². The summed E-state index contributed by atoms with van der Waals surface area (Å²) in [6.45, 7) is 3.60. The highest BCUT2D eigenvalue weighted by Gasteiger charge is 2.36. The van der Waals surface area contributed by atoms with Gasteiger partial charge in [-0.05, 0) is 50.0 Å². The molecule has 3 N–H and O–H groups in total. The molecule has 27 heavy (non-hydrogen) atoms. The molecule has 4 rings (SSSR count). The number of amides is 3. The molecule has 1 saturated heterocycles. The largest absolute Gasteiger partial charge is 0.465 e. The minimum absolute atomic E-state index is 0.00218. The maximum Gasteiger partial charge on any atom is 0.404 e. The maximum absolute atomic E-state index is 13.3. The highest BCUT2D eigenvalue weighted by Crippen LogP contribution is 2.41. The van der Waals surface area contributed by atoms with E-state index in [2.05, 4.69) is 17.6 Å². The molecule has 0 radical (unpaired) electrons. The van der Waals surface area contributed by atoms with E-state index < -0.39 is 6.09 Å². The van der Waals surface area contributed by atoms with Crippen LogP contribution in [0.1, 0.15) is 53.4 Å². The summed E-state index contributed by atoms with van der Waals surface area (Å²) in [5, 5.41) is 15.2. The zero-order valence-corrected chi connectivity index (χ0v) is 16.2. The maximum atomic E-state index is 13.3. The fourth-order valence-corrected chi connectivity index (χ4v) is 5.27. The van der Waals surface area contributed by atoms with Crippen molar-refractivity contribution in [1.82, 2.24) is 10.2 Å². The first kappa shape index (κ1) is 18.3. The molecule has 2 aliphatic carbocycles. The van der Waals surface area contributed by atoms with Gasteiger partial charge >= 0.3 is 6.09 Å². The molecule has 3 amide bonds. The van der Waals surface area contributed by atoms with E-state index in [9.17, 15) is 14.4 Å². The second-order valence-corrected chi connectivity index (χ2v) is 9.11. The first-order valence-electron chi connectivity index (χ1n) is 9.66. The zero-order valence-electron chi connectivity index (χ0n) is 15.4. The van der Waals surface area contributed by atoms with E-state index in [-0.39, 0.29) is 23.8 Å². The van der Waals surface area contributed by atoms with Crippen molar-refractivity contribution in [2.75, 3.05) is 18.4 Å². The van der Waals surface area contributed by atoms with E-state index >= 15 is 0 Å². The number of hydrogen-bond donors (Lipinski definition) is 3. The van der Waals surface area contributed by atoms with E-state index in [0.717, 1.165) is 49.2 Å². The highest BCUT2D eigenvalue weighted by atomic mass is 32.1. The van der Waals surface area contributed by atoms with Crippen LogP contribution in [0, 0.1) is 11.8 Å². The summed E-state index contributed by atoms with van der Waals surface area (Å²) in [5.74, 6) is 0.520. The molecule has 0 aromatic carbocycles. The Hall–Kier alpha value is -2.09. The minimum Gasteiger partial charge on any atom is -0.465 e. The smallest absolute Gasteiger partial charge is 0.404 e. The molecule has 8 heteroatoms. The van der Waals surface area contributed by atoms with Gasteiger partial charge in [-0.25, -0.2) is 4.79 Å². The van der Waals surface area contributed by atoms with E-state index in [4.69, 9.17) is 5.11 Å². The van der Waals surface area contributed by atoms with Gasteiger partial charge in [-0.2, -0.15) is 0 Å². The van der Waals surface area contributed by atoms with E-state index in [1.165, 1.54) is 11.3 Å². The summed E-state index contributed by atoms with van der Waals surface area (Å²) >= 11 is 1.49. The predicted molar refractivity (Wildman–Crippen MR) is 102 cm³/mol. The van der Waals surface area contributed by atoms with Crippen molar-refractivity contribution in [1.29, 1.82) is 0 Å². The number of carboxylic acid groups (broad SMARTS) is 1. The van der Waals surface area contributed by atoms with Crippen LogP contribution in [0.25, 0.3) is 0 Å². The first-order valence-corrected chi connectivity index (χ1v) is 10.5. The molecule has 146 valence electrons. The fraction of sp³-hybridized carbons (Fsp3) is 0.632. The van der Waals surface area contributed by atoms with Crippen molar-refractivity contribution in [3.05, 3.63) is 16.0 Å². The number of nitrogens with one attached hydrogen (secondary N) is 2. The van der Waals surface area contributed by atoms with Gasteiger partial charge in [0.05, 0.1) is 5.56 Å². The molecule has 2 fully saturated rings. The van der Waals surface area contributed by atoms with Crippen molar-refractivity contribution in [2.45, 2.75) is 51.5 Å². The lowest BCUT2D eigenvalue weighted by atomic mass is 9.91. The molecule has 3 aliphatic rings. The van der Waals surface area contributed by atoms with Crippen LogP contribution in [0.2, 0.25) is 0 Å². The predicted octanol–water partition coefficient (Wildman–Crippen LogP) is 2.70. The molecule has 2 unspecified atom stereocenters. The zero-order chi connectivity index (χ0) is 19.1. The summed E-state index contributed by atoms with van der Waals surface area (Å²) in [7, 11) is 0. The van der Waals surface area contributed by atoms with Crippen molar-refractivity contribution in [3.63, 3.8) is 0 Å². The van der Waals surface area contributed by atoms with Crippen molar-refractivity contribution >= 4 is 34.2 Å². The Morgan fingerprint density at radius 1 is 1.19 bits per heavy atom. The summed E-state index contributed by atoms with van der Waals surface area (Å²) in [4.78, 5) is 39.6. The molecular formula is C19H25N3O4S. The van der Waals surface area contributed by atoms with Gasteiger partial charge in [-0.3, -0.25) is 9.59 Å². The van der Waals surface area contributed by atoms with Gasteiger partial charge in [0.25, 0.3) is 5.91 Å². The third-order valence-electron chi connectivity index (χ3n) is 5.70. The second-order valence-electron chi connectivity index (χ2n) is 8.01. The quantitative estimate of drug-likeness (QED) is 0.735. The van der Waals surface area contributed by atoms with Crippen LogP contribution in [0.3, 0.4) is 0 Å². The third kappa shape index (κ3) is 3.81. The van der Waals surface area contributed by atoms with Gasteiger partial charge in [-0.15, -0.1) is 11.3 Å². The Balaban J connectivity index is 1.64. The number of fused-ring (bicyclic) bond motifs is 1. The average Bonchev–Trinajstić information content (AvgIpc) is 3.28. The molecule has 1 aliphatic heterocycles. The van der Waals surface area contributed by atoms with Crippen molar-refractivity contribution < 1.29 is 19.5 Å². The first-order chi connectivity index (χ1) is 12.9. The number of hydrogen-bond acceptors (Lipinski definition) is 4. The molecule has 7 nitrogen and oxygen atoms in total. The van der Waals surface area contributed by atoms with Gasteiger partial charge in [-0.1, -0.05) is 6.92 Å². The van der Waals surface area contributed by atoms with Crippen molar-refractivity contribution in [2.24, 2.45) is 11.8 Å². The van der Waals surface area contributed by atoms with E-state index in [1.54, 1.807) is 0 Å². The Bertz CT molecular complexity index is 786. The molecule has 1 saturated carbocycles. The lowest BCUT2D eigenvalue weighted by Gasteiger charge is -2.24. The van der Waals surface area contributed by atoms with Gasteiger partial charge in [0, 0.05) is 29.9 Å². The number of carbonyl (C=O) groups excluding carboxylic acids is 2. The molecule has 0 bridgehead atoms. The van der Waals surface area contributed by atoms with E-state index in [1.807, 2.05) is 4.90 Å². The van der Waals surface area contributed by atoms with Crippen LogP contribution in [0.5, 0.6) is 0 Å². The number of thiophene rings is 1. The standard InChI is InChI=1S/C19H25N3O4S/c1-10-6-7-22(9-10)18(24)15-13-8-12(20-19(25)26)4-5-14(13)27-17(15)21-16(23)11-2-3-11/h10-12,20H,2-9H2,1H3,(H,21,23)(H,25,26). The Kier molecular flexibility index (Phi) is 4.84. The number of likely N-dealkylation sites (tertiary alicyclic amines) is 1. The number of rotatable bonds is 4. The molecule has 2 heterocycles. The van der Waals surface area contributed by atoms with E-state index in [0.29, 0.717) is 29.3 Å². The number of nitrogens with zero attached hydrogens (tertiary/aromatic N) is 1. The second kappa shape index (κ2) is 7.14. The van der Waals surface area contributed by atoms with Crippen LogP contribution < -0.4 is 10.6 Å². The Morgan fingerprint density at radius 2 is 1.96 bits per heavy atom. The van der Waals surface area contributed by atoms with Gasteiger partial charge < -0.3 is 20.6 Å². The normalized spacial score (nSPS) is 24.4. The molecule has 0 spiro atoms. The lowest BCUT2D eigenvalue weighted by Crippen LogP contribution is -2.38. The lowest BCUT2D eigenvalue weighted by molar-refractivity contribution is -0.117. The summed E-state index contributed by atoms with van der Waals surface area (Å²) in [6.07, 6.45) is 3.71. The SMILES string of the molecule is CC1CCN(C(=O)c2c(NC(=O)C3CC3)sc3c2CC(NC(=O)O)CC3)C1. The van der Waals surface area contributed by atoms with Gasteiger partial charge in [0.1, 0.15) is 5.00 Å². The number of carbonyl (C=O) groups is 3. The van der Waals surface area contributed by atoms with Crippen LogP contribution in [-0.4, -0.2) is 47.0 Å². The van der Waals surface area contributed by atoms with Crippen LogP contribution >= 0.6 is 11.3 Å². The summed E-state index contributed by atoms with van der Waals surface area (Å²) in [5.41, 5.74) is 1.51. The van der Waals surface area contributed by atoms with Crippen molar-refractivity contribution in [3.8, 4) is 0 Å². The Labute approximate surface area is 162 Å². The van der Waals surface area contributed by atoms with Gasteiger partial charge in [0.15, 0.2) is 0 Å². The molecular weight excluding hydrogens is 366 g/mol. The Morgan fingerprint density at radius 3 is 2.59 bits per heavy atom. The van der Waals surface area contributed by atoms with Crippen LogP contribution in [0.15, 0.2) is 0 Å². The van der Waals surface area contributed by atoms with Crippen LogP contribution in [-0.2, 0) is 17.6 Å². The molecule has 1 aromatic rings. The number of anilines is 1. The average molecular weight is 391 g/mol. The highest BCUT2D eigenvalue weighted by molar-refractivity contribution is 7.17. The fourth-order valence-electron chi connectivity index (χ4n) is 4.03. The summed E-state index contributed by atoms with van der Waals surface area (Å²) in [6, 6.07) is -0.194. The number of aryl methyl sites for hydroxylation is 1.